The van der Waals surface area contributed by atoms with E-state index in [2.05, 4.69) is 4.90 Å². The third kappa shape index (κ3) is 2.57. The number of ether oxygens (including phenoxy) is 1. The highest BCUT2D eigenvalue weighted by Crippen LogP contribution is 2.34. The first-order valence-electron chi connectivity index (χ1n) is 8.49. The average Bonchev–Trinajstić information content (AvgIpc) is 3.26. The molecule has 5 nitrogen and oxygen atoms in total. The number of carbonyl (C=O) groups excluding carboxylic acids is 1. The Kier molecular flexibility index (Phi) is 3.92. The second kappa shape index (κ2) is 6.05. The van der Waals surface area contributed by atoms with Crippen LogP contribution in [0.4, 0.5) is 0 Å². The lowest BCUT2D eigenvalue weighted by Gasteiger charge is -2.30. The second-order valence-electron chi connectivity index (χ2n) is 6.74. The summed E-state index contributed by atoms with van der Waals surface area (Å²) < 4.78 is 10.7. The van der Waals surface area contributed by atoms with Gasteiger partial charge in [0.15, 0.2) is 5.76 Å². The Balaban J connectivity index is 1.39. The van der Waals surface area contributed by atoms with Gasteiger partial charge in [-0.05, 0) is 43.7 Å². The molecule has 4 heterocycles. The number of amides is 1. The Hall–Kier alpha value is -1.33. The number of furan rings is 1. The molecule has 0 N–H and O–H groups in total. The first-order chi connectivity index (χ1) is 10.8. The number of likely N-dealkylation sites (tertiary alicyclic amines) is 2. The fraction of sp³-hybridized carbons (Fsp3) is 0.706. The van der Waals surface area contributed by atoms with Gasteiger partial charge in [0.1, 0.15) is 0 Å². The average molecular weight is 304 g/mol. The van der Waals surface area contributed by atoms with Crippen LogP contribution in [0.3, 0.4) is 0 Å². The highest BCUT2D eigenvalue weighted by atomic mass is 16.5. The third-order valence-electron chi connectivity index (χ3n) is 5.52. The predicted octanol–water partition coefficient (Wildman–Crippen LogP) is 2.00. The summed E-state index contributed by atoms with van der Waals surface area (Å²) in [7, 11) is 0. The van der Waals surface area contributed by atoms with E-state index in [0.29, 0.717) is 17.8 Å². The monoisotopic (exact) mass is 304 g/mol. The van der Waals surface area contributed by atoms with E-state index >= 15 is 0 Å². The second-order valence-corrected chi connectivity index (χ2v) is 6.74. The minimum absolute atomic E-state index is 0.0606. The molecule has 1 aromatic rings. The summed E-state index contributed by atoms with van der Waals surface area (Å²) in [6.07, 6.45) is 6.14. The van der Waals surface area contributed by atoms with Crippen LogP contribution in [0.15, 0.2) is 22.8 Å². The molecule has 1 amide bonds. The van der Waals surface area contributed by atoms with Crippen LogP contribution >= 0.6 is 0 Å². The van der Waals surface area contributed by atoms with Crippen molar-refractivity contribution in [2.75, 3.05) is 32.8 Å². The molecule has 1 aromatic heterocycles. The lowest BCUT2D eigenvalue weighted by atomic mass is 9.99. The smallest absolute Gasteiger partial charge is 0.289 e. The standard InChI is InChI=1S/C17H24N2O3/c20-17(16-2-1-9-22-16)19-8-4-14-15(19)3-7-18(14)12-13-5-10-21-11-6-13/h1-2,9,13-15H,3-8,10-12H2/t14-,15+/m0/s1. The van der Waals surface area contributed by atoms with Crippen molar-refractivity contribution in [3.05, 3.63) is 24.2 Å². The van der Waals surface area contributed by atoms with Crippen molar-refractivity contribution >= 4 is 5.91 Å². The van der Waals surface area contributed by atoms with Gasteiger partial charge < -0.3 is 14.1 Å². The lowest BCUT2D eigenvalue weighted by molar-refractivity contribution is 0.0501. The number of fused-ring (bicyclic) bond motifs is 1. The summed E-state index contributed by atoms with van der Waals surface area (Å²) in [5, 5.41) is 0. The summed E-state index contributed by atoms with van der Waals surface area (Å²) in [4.78, 5) is 17.2. The van der Waals surface area contributed by atoms with E-state index < -0.39 is 0 Å². The van der Waals surface area contributed by atoms with Gasteiger partial charge in [-0.2, -0.15) is 0 Å². The van der Waals surface area contributed by atoms with Crippen molar-refractivity contribution in [2.45, 2.75) is 37.8 Å². The zero-order valence-electron chi connectivity index (χ0n) is 12.9. The normalized spacial score (nSPS) is 29.9. The Bertz CT molecular complexity index is 510. The van der Waals surface area contributed by atoms with E-state index in [1.54, 1.807) is 18.4 Å². The van der Waals surface area contributed by atoms with Crippen LogP contribution in [0.25, 0.3) is 0 Å². The molecule has 2 atom stereocenters. The quantitative estimate of drug-likeness (QED) is 0.857. The van der Waals surface area contributed by atoms with Gasteiger partial charge in [-0.3, -0.25) is 9.69 Å². The molecule has 0 aromatic carbocycles. The van der Waals surface area contributed by atoms with Crippen molar-refractivity contribution in [3.8, 4) is 0 Å². The van der Waals surface area contributed by atoms with Gasteiger partial charge in [0.25, 0.3) is 5.91 Å². The van der Waals surface area contributed by atoms with Gasteiger partial charge >= 0.3 is 0 Å². The molecule has 3 aliphatic rings. The van der Waals surface area contributed by atoms with Crippen molar-refractivity contribution in [1.82, 2.24) is 9.80 Å². The number of hydrogen-bond acceptors (Lipinski definition) is 4. The number of carbonyl (C=O) groups is 1. The highest BCUT2D eigenvalue weighted by molar-refractivity contribution is 5.92. The largest absolute Gasteiger partial charge is 0.459 e. The Morgan fingerprint density at radius 3 is 2.73 bits per heavy atom. The molecule has 0 radical (unpaired) electrons. The summed E-state index contributed by atoms with van der Waals surface area (Å²) in [6, 6.07) is 4.47. The topological polar surface area (TPSA) is 45.9 Å². The molecule has 0 unspecified atom stereocenters. The van der Waals surface area contributed by atoms with Crippen LogP contribution in [0.2, 0.25) is 0 Å². The van der Waals surface area contributed by atoms with Crippen LogP contribution in [0.1, 0.15) is 36.2 Å². The number of hydrogen-bond donors (Lipinski definition) is 0. The summed E-state index contributed by atoms with van der Waals surface area (Å²) >= 11 is 0. The van der Waals surface area contributed by atoms with Crippen molar-refractivity contribution < 1.29 is 13.9 Å². The van der Waals surface area contributed by atoms with Gasteiger partial charge in [0.2, 0.25) is 0 Å². The summed E-state index contributed by atoms with van der Waals surface area (Å²) in [5.74, 6) is 1.30. The minimum Gasteiger partial charge on any atom is -0.459 e. The minimum atomic E-state index is 0.0606. The number of rotatable bonds is 3. The molecule has 3 saturated heterocycles. The van der Waals surface area contributed by atoms with Gasteiger partial charge in [-0.1, -0.05) is 0 Å². The maximum atomic E-state index is 12.5. The fourth-order valence-electron chi connectivity index (χ4n) is 4.36. The third-order valence-corrected chi connectivity index (χ3v) is 5.52. The van der Waals surface area contributed by atoms with E-state index in [1.165, 1.54) is 19.4 Å². The van der Waals surface area contributed by atoms with Gasteiger partial charge in [-0.25, -0.2) is 0 Å². The fourth-order valence-corrected chi connectivity index (χ4v) is 4.36. The molecule has 5 heteroatoms. The molecule has 3 aliphatic heterocycles. The van der Waals surface area contributed by atoms with Crippen LogP contribution < -0.4 is 0 Å². The summed E-state index contributed by atoms with van der Waals surface area (Å²) in [5.41, 5.74) is 0. The SMILES string of the molecule is O=C(c1ccco1)N1CC[C@H]2[C@H]1CCN2CC1CCOCC1. The summed E-state index contributed by atoms with van der Waals surface area (Å²) in [6.45, 7) is 4.98. The molecule has 0 bridgehead atoms. The van der Waals surface area contributed by atoms with Crippen molar-refractivity contribution in [3.63, 3.8) is 0 Å². The maximum Gasteiger partial charge on any atom is 0.289 e. The van der Waals surface area contributed by atoms with E-state index in [-0.39, 0.29) is 5.91 Å². The first-order valence-corrected chi connectivity index (χ1v) is 8.49. The van der Waals surface area contributed by atoms with Crippen LogP contribution in [-0.2, 0) is 4.74 Å². The van der Waals surface area contributed by atoms with E-state index in [0.717, 1.165) is 45.1 Å². The van der Waals surface area contributed by atoms with E-state index in [9.17, 15) is 4.79 Å². The maximum absolute atomic E-state index is 12.5. The zero-order chi connectivity index (χ0) is 14.9. The molecule has 4 rings (SSSR count). The molecule has 0 saturated carbocycles. The van der Waals surface area contributed by atoms with Crippen LogP contribution in [0, 0.1) is 5.92 Å². The van der Waals surface area contributed by atoms with E-state index in [4.69, 9.17) is 9.15 Å². The predicted molar refractivity (Wildman–Crippen MR) is 81.7 cm³/mol. The molecular formula is C17H24N2O3. The molecular weight excluding hydrogens is 280 g/mol. The molecule has 22 heavy (non-hydrogen) atoms. The van der Waals surface area contributed by atoms with Gasteiger partial charge in [0.05, 0.1) is 6.26 Å². The van der Waals surface area contributed by atoms with Crippen molar-refractivity contribution in [1.29, 1.82) is 0 Å². The Labute approximate surface area is 131 Å². The highest BCUT2D eigenvalue weighted by Gasteiger charge is 2.45. The Morgan fingerprint density at radius 2 is 1.95 bits per heavy atom. The van der Waals surface area contributed by atoms with Crippen LogP contribution in [0.5, 0.6) is 0 Å². The van der Waals surface area contributed by atoms with Gasteiger partial charge in [0, 0.05) is 44.9 Å². The molecule has 0 spiro atoms. The lowest BCUT2D eigenvalue weighted by Crippen LogP contribution is -2.41. The molecule has 120 valence electrons. The molecule has 3 fully saturated rings. The first kappa shape index (κ1) is 14.3. The zero-order valence-corrected chi connectivity index (χ0v) is 12.9. The molecule has 0 aliphatic carbocycles. The Morgan fingerprint density at radius 1 is 1.14 bits per heavy atom. The van der Waals surface area contributed by atoms with E-state index in [1.807, 2.05) is 4.90 Å². The number of nitrogens with zero attached hydrogens (tertiary/aromatic N) is 2. The van der Waals surface area contributed by atoms with Gasteiger partial charge in [-0.15, -0.1) is 0 Å². The van der Waals surface area contributed by atoms with Crippen LogP contribution in [-0.4, -0.2) is 60.6 Å². The van der Waals surface area contributed by atoms with Crippen molar-refractivity contribution in [2.24, 2.45) is 5.92 Å².